The minimum Gasteiger partial charge on any atom is -0.390 e. The fourth-order valence-electron chi connectivity index (χ4n) is 2.75. The van der Waals surface area contributed by atoms with Crippen LogP contribution in [-0.2, 0) is 6.61 Å². The monoisotopic (exact) mass is 277 g/mol. The molecule has 0 aromatic carbocycles. The molecule has 0 spiro atoms. The van der Waals surface area contributed by atoms with Gasteiger partial charge in [-0.25, -0.2) is 9.97 Å². The van der Waals surface area contributed by atoms with E-state index in [1.54, 1.807) is 0 Å². The van der Waals surface area contributed by atoms with Gasteiger partial charge in [-0.2, -0.15) is 0 Å². The van der Waals surface area contributed by atoms with Crippen LogP contribution in [-0.4, -0.2) is 28.2 Å². The van der Waals surface area contributed by atoms with Crippen LogP contribution < -0.4 is 4.90 Å². The zero-order valence-corrected chi connectivity index (χ0v) is 13.2. The Morgan fingerprint density at radius 3 is 2.70 bits per heavy atom. The van der Waals surface area contributed by atoms with Crippen LogP contribution in [0.3, 0.4) is 0 Å². The third-order valence-corrected chi connectivity index (χ3v) is 4.21. The van der Waals surface area contributed by atoms with Crippen LogP contribution in [0.25, 0.3) is 0 Å². The minimum atomic E-state index is -0.0164. The van der Waals surface area contributed by atoms with Crippen molar-refractivity contribution in [3.05, 3.63) is 17.7 Å². The average Bonchev–Trinajstić information content (AvgIpc) is 2.59. The van der Waals surface area contributed by atoms with E-state index < -0.39 is 0 Å². The third kappa shape index (κ3) is 3.48. The van der Waals surface area contributed by atoms with Crippen LogP contribution in [0.4, 0.5) is 5.69 Å². The van der Waals surface area contributed by atoms with Crippen molar-refractivity contribution in [2.75, 3.05) is 18.0 Å². The Morgan fingerprint density at radius 2 is 2.05 bits per heavy atom. The largest absolute Gasteiger partial charge is 0.390 e. The Morgan fingerprint density at radius 1 is 1.30 bits per heavy atom. The summed E-state index contributed by atoms with van der Waals surface area (Å²) < 4.78 is 0. The molecule has 2 rings (SSSR count). The molecule has 0 unspecified atom stereocenters. The van der Waals surface area contributed by atoms with Crippen molar-refractivity contribution in [2.24, 2.45) is 5.41 Å². The molecule has 4 heteroatoms. The normalized spacial score (nSPS) is 19.2. The summed E-state index contributed by atoms with van der Waals surface area (Å²) in [6.45, 7) is 10.8. The molecule has 20 heavy (non-hydrogen) atoms. The molecule has 0 atom stereocenters. The van der Waals surface area contributed by atoms with Gasteiger partial charge in [0.15, 0.2) is 0 Å². The van der Waals surface area contributed by atoms with Crippen LogP contribution in [0, 0.1) is 5.41 Å². The first-order valence-electron chi connectivity index (χ1n) is 7.64. The summed E-state index contributed by atoms with van der Waals surface area (Å²) in [5, 5.41) is 9.61. The Balaban J connectivity index is 2.23. The number of aliphatic hydroxyl groups is 1. The van der Waals surface area contributed by atoms with Gasteiger partial charge in [0.05, 0.1) is 24.2 Å². The Bertz CT molecular complexity index is 457. The number of hydrogen-bond donors (Lipinski definition) is 1. The lowest BCUT2D eigenvalue weighted by molar-refractivity contribution is 0.276. The van der Waals surface area contributed by atoms with Gasteiger partial charge in [0, 0.05) is 19.0 Å². The molecule has 1 aromatic heterocycles. The van der Waals surface area contributed by atoms with Gasteiger partial charge >= 0.3 is 0 Å². The number of anilines is 1. The van der Waals surface area contributed by atoms with E-state index in [1.807, 2.05) is 6.20 Å². The molecule has 0 radical (unpaired) electrons. The molecular weight excluding hydrogens is 250 g/mol. The maximum atomic E-state index is 9.61. The quantitative estimate of drug-likeness (QED) is 0.922. The smallest absolute Gasteiger partial charge is 0.131 e. The first kappa shape index (κ1) is 15.2. The van der Waals surface area contributed by atoms with Gasteiger partial charge in [0.1, 0.15) is 5.82 Å². The maximum Gasteiger partial charge on any atom is 0.131 e. The first-order valence-corrected chi connectivity index (χ1v) is 7.64. The molecule has 1 N–H and O–H groups in total. The van der Waals surface area contributed by atoms with Crippen molar-refractivity contribution < 1.29 is 5.11 Å². The molecule has 1 aliphatic rings. The molecular formula is C16H27N3O. The van der Waals surface area contributed by atoms with Gasteiger partial charge < -0.3 is 10.0 Å². The van der Waals surface area contributed by atoms with Crippen LogP contribution >= 0.6 is 0 Å². The number of nitrogens with zero attached hydrogens (tertiary/aromatic N) is 3. The highest BCUT2D eigenvalue weighted by Gasteiger charge is 2.24. The zero-order chi connectivity index (χ0) is 14.8. The Hall–Kier alpha value is -1.16. The van der Waals surface area contributed by atoms with Crippen molar-refractivity contribution in [3.8, 4) is 0 Å². The van der Waals surface area contributed by atoms with Gasteiger partial charge in [-0.15, -0.1) is 0 Å². The van der Waals surface area contributed by atoms with Crippen LogP contribution in [0.2, 0.25) is 0 Å². The zero-order valence-electron chi connectivity index (χ0n) is 13.2. The average molecular weight is 277 g/mol. The molecule has 112 valence electrons. The third-order valence-electron chi connectivity index (χ3n) is 4.21. The van der Waals surface area contributed by atoms with E-state index in [0.29, 0.717) is 5.41 Å². The molecule has 2 heterocycles. The predicted molar refractivity (Wildman–Crippen MR) is 81.9 cm³/mol. The fourth-order valence-corrected chi connectivity index (χ4v) is 2.75. The molecule has 0 aliphatic carbocycles. The van der Waals surface area contributed by atoms with Crippen LogP contribution in [0.5, 0.6) is 0 Å². The highest BCUT2D eigenvalue weighted by molar-refractivity contribution is 5.49. The molecule has 1 aliphatic heterocycles. The summed E-state index contributed by atoms with van der Waals surface area (Å²) in [6.07, 6.45) is 5.50. The number of hydrogen-bond acceptors (Lipinski definition) is 4. The van der Waals surface area contributed by atoms with E-state index in [4.69, 9.17) is 0 Å². The molecule has 1 saturated heterocycles. The Labute approximate surface area is 122 Å². The lowest BCUT2D eigenvalue weighted by Crippen LogP contribution is -2.27. The second kappa shape index (κ2) is 6.08. The lowest BCUT2D eigenvalue weighted by atomic mass is 9.85. The second-order valence-electron chi connectivity index (χ2n) is 6.88. The molecule has 0 saturated carbocycles. The van der Waals surface area contributed by atoms with Crippen molar-refractivity contribution >= 4 is 5.69 Å². The lowest BCUT2D eigenvalue weighted by Gasteiger charge is -2.26. The van der Waals surface area contributed by atoms with Crippen molar-refractivity contribution in [1.82, 2.24) is 9.97 Å². The van der Waals surface area contributed by atoms with Gasteiger partial charge in [-0.3, -0.25) is 0 Å². The fraction of sp³-hybridized carbons (Fsp3) is 0.750. The van der Waals surface area contributed by atoms with Gasteiger partial charge in [0.25, 0.3) is 0 Å². The Kier molecular flexibility index (Phi) is 4.63. The highest BCUT2D eigenvalue weighted by atomic mass is 16.3. The van der Waals surface area contributed by atoms with Crippen molar-refractivity contribution in [3.63, 3.8) is 0 Å². The van der Waals surface area contributed by atoms with Gasteiger partial charge in [-0.1, -0.05) is 27.7 Å². The number of rotatable bonds is 3. The molecule has 1 aromatic rings. The second-order valence-corrected chi connectivity index (χ2v) is 6.88. The van der Waals surface area contributed by atoms with E-state index in [1.165, 1.54) is 19.3 Å². The van der Waals surface area contributed by atoms with E-state index >= 15 is 0 Å². The minimum absolute atomic E-state index is 0.0164. The highest BCUT2D eigenvalue weighted by Crippen LogP contribution is 2.32. The van der Waals surface area contributed by atoms with E-state index in [0.717, 1.165) is 30.3 Å². The van der Waals surface area contributed by atoms with Crippen molar-refractivity contribution in [2.45, 2.75) is 59.5 Å². The first-order chi connectivity index (χ1) is 9.43. The maximum absolute atomic E-state index is 9.61. The number of aromatic nitrogens is 2. The SMILES string of the molecule is CC(C)c1ncc(N2CCCC(C)(C)CC2)c(CO)n1. The summed E-state index contributed by atoms with van der Waals surface area (Å²) >= 11 is 0. The summed E-state index contributed by atoms with van der Waals surface area (Å²) in [6, 6.07) is 0. The number of aliphatic hydroxyl groups excluding tert-OH is 1. The molecule has 4 nitrogen and oxygen atoms in total. The van der Waals surface area contributed by atoms with Gasteiger partial charge in [-0.05, 0) is 24.7 Å². The van der Waals surface area contributed by atoms with Gasteiger partial charge in [0.2, 0.25) is 0 Å². The molecule has 1 fully saturated rings. The standard InChI is InChI=1S/C16H27N3O/c1-12(2)15-17-10-14(13(11-20)18-15)19-8-5-6-16(3,4)7-9-19/h10,12,20H,5-9,11H2,1-4H3. The molecule has 0 amide bonds. The molecule has 0 bridgehead atoms. The van der Waals surface area contributed by atoms with E-state index in [2.05, 4.69) is 42.6 Å². The summed E-state index contributed by atoms with van der Waals surface area (Å²) in [5.41, 5.74) is 2.19. The summed E-state index contributed by atoms with van der Waals surface area (Å²) in [7, 11) is 0. The van der Waals surface area contributed by atoms with Crippen molar-refractivity contribution in [1.29, 1.82) is 0 Å². The summed E-state index contributed by atoms with van der Waals surface area (Å²) in [5.74, 6) is 1.10. The van der Waals surface area contributed by atoms with E-state index in [9.17, 15) is 5.11 Å². The predicted octanol–water partition coefficient (Wildman–Crippen LogP) is 3.11. The van der Waals surface area contributed by atoms with Crippen LogP contribution in [0.1, 0.15) is 64.4 Å². The van der Waals surface area contributed by atoms with E-state index in [-0.39, 0.29) is 12.5 Å². The topological polar surface area (TPSA) is 49.2 Å². The van der Waals surface area contributed by atoms with Crippen LogP contribution in [0.15, 0.2) is 6.20 Å². The summed E-state index contributed by atoms with van der Waals surface area (Å²) in [4.78, 5) is 11.3.